The van der Waals surface area contributed by atoms with Crippen molar-refractivity contribution in [3.05, 3.63) is 64.5 Å². The molecule has 0 fully saturated rings. The van der Waals surface area contributed by atoms with Gasteiger partial charge in [0.05, 0.1) is 16.0 Å². The summed E-state index contributed by atoms with van der Waals surface area (Å²) in [5.41, 5.74) is 0.802. The van der Waals surface area contributed by atoms with E-state index in [0.29, 0.717) is 29.4 Å². The first kappa shape index (κ1) is 22.3. The lowest BCUT2D eigenvalue weighted by Gasteiger charge is -2.11. The quantitative estimate of drug-likeness (QED) is 0.669. The summed E-state index contributed by atoms with van der Waals surface area (Å²) in [5, 5.41) is 1.56. The van der Waals surface area contributed by atoms with Crippen molar-refractivity contribution in [3.63, 3.8) is 0 Å². The minimum atomic E-state index is -3.86. The fourth-order valence-electron chi connectivity index (χ4n) is 2.84. The maximum absolute atomic E-state index is 12.7. The third-order valence-corrected chi connectivity index (χ3v) is 6.99. The van der Waals surface area contributed by atoms with Crippen molar-refractivity contribution in [1.29, 1.82) is 0 Å². The van der Waals surface area contributed by atoms with Crippen molar-refractivity contribution in [1.82, 2.24) is 4.72 Å². The molecular weight excluding hydrogens is 446 g/mol. The molecule has 3 rings (SSSR count). The van der Waals surface area contributed by atoms with E-state index in [4.69, 9.17) is 11.6 Å². The van der Waals surface area contributed by atoms with Gasteiger partial charge in [-0.25, -0.2) is 16.8 Å². The highest BCUT2D eigenvalue weighted by Crippen LogP contribution is 2.18. The molecule has 30 heavy (non-hydrogen) atoms. The van der Waals surface area contributed by atoms with Crippen LogP contribution in [0.3, 0.4) is 0 Å². The van der Waals surface area contributed by atoms with Crippen molar-refractivity contribution in [2.45, 2.75) is 30.6 Å². The minimum absolute atomic E-state index is 0.0451. The summed E-state index contributed by atoms with van der Waals surface area (Å²) in [6, 6.07) is 12.3. The molecule has 2 N–H and O–H groups in total. The average Bonchev–Trinajstić information content (AvgIpc) is 2.96. The number of rotatable bonds is 6. The largest absolute Gasteiger partial charge is 0.280 e. The van der Waals surface area contributed by atoms with E-state index in [2.05, 4.69) is 14.4 Å². The van der Waals surface area contributed by atoms with Crippen LogP contribution in [-0.2, 0) is 20.0 Å². The van der Waals surface area contributed by atoms with E-state index in [-0.39, 0.29) is 10.6 Å². The summed E-state index contributed by atoms with van der Waals surface area (Å²) in [6.07, 6.45) is 4.81. The second kappa shape index (κ2) is 9.63. The van der Waals surface area contributed by atoms with Gasteiger partial charge in [0.2, 0.25) is 0 Å². The molecule has 0 atom stereocenters. The van der Waals surface area contributed by atoms with Crippen molar-refractivity contribution < 1.29 is 16.8 Å². The Hall–Kier alpha value is -2.36. The van der Waals surface area contributed by atoms with E-state index in [1.54, 1.807) is 24.3 Å². The Morgan fingerprint density at radius 2 is 1.70 bits per heavy atom. The number of sulfonamides is 2. The van der Waals surface area contributed by atoms with Gasteiger partial charge < -0.3 is 0 Å². The number of anilines is 1. The van der Waals surface area contributed by atoms with Crippen molar-refractivity contribution >= 4 is 49.2 Å². The third kappa shape index (κ3) is 6.58. The predicted octanol–water partition coefficient (Wildman–Crippen LogP) is 4.00. The van der Waals surface area contributed by atoms with Gasteiger partial charge in [-0.1, -0.05) is 36.2 Å². The third-order valence-electron chi connectivity index (χ3n) is 4.34. The number of benzene rings is 2. The number of nitrogens with one attached hydrogen (secondary N) is 2. The number of halogens is 1. The van der Waals surface area contributed by atoms with E-state index in [1.165, 1.54) is 30.3 Å². The van der Waals surface area contributed by atoms with Crippen LogP contribution in [0.4, 0.5) is 5.69 Å². The lowest BCUT2D eigenvalue weighted by atomic mass is 10.2. The Kier molecular flexibility index (Phi) is 7.17. The topological polar surface area (TPSA) is 105 Å². The lowest BCUT2D eigenvalue weighted by molar-refractivity contribution is 0.591. The first-order chi connectivity index (χ1) is 14.2. The fourth-order valence-corrected chi connectivity index (χ4v) is 4.96. The van der Waals surface area contributed by atoms with Gasteiger partial charge in [-0.3, -0.25) is 14.4 Å². The minimum Gasteiger partial charge on any atom is -0.280 e. The zero-order valence-electron chi connectivity index (χ0n) is 16.1. The monoisotopic (exact) mass is 467 g/mol. The zero-order chi connectivity index (χ0) is 21.6. The van der Waals surface area contributed by atoms with Gasteiger partial charge in [0.25, 0.3) is 20.0 Å². The average molecular weight is 468 g/mol. The highest BCUT2D eigenvalue weighted by Gasteiger charge is 2.18. The van der Waals surface area contributed by atoms with Crippen molar-refractivity contribution in [2.24, 2.45) is 4.99 Å². The normalized spacial score (nSPS) is 15.4. The summed E-state index contributed by atoms with van der Waals surface area (Å²) in [7, 11) is -7.70. The molecule has 1 heterocycles. The van der Waals surface area contributed by atoms with Gasteiger partial charge in [-0.2, -0.15) is 0 Å². The second-order valence-corrected chi connectivity index (χ2v) is 10.5. The van der Waals surface area contributed by atoms with Crippen LogP contribution in [0.2, 0.25) is 5.02 Å². The van der Waals surface area contributed by atoms with Crippen molar-refractivity contribution in [3.8, 4) is 0 Å². The van der Waals surface area contributed by atoms with Crippen LogP contribution in [0.15, 0.2) is 63.8 Å². The van der Waals surface area contributed by atoms with Crippen LogP contribution < -0.4 is 9.44 Å². The Bertz CT molecular complexity index is 1160. The molecule has 2 aromatic rings. The van der Waals surface area contributed by atoms with Crippen LogP contribution in [-0.4, -0.2) is 29.2 Å². The second-order valence-electron chi connectivity index (χ2n) is 6.77. The summed E-state index contributed by atoms with van der Waals surface area (Å²) in [6.45, 7) is 0.595. The Morgan fingerprint density at radius 3 is 2.47 bits per heavy atom. The Morgan fingerprint density at radius 1 is 0.933 bits per heavy atom. The number of nitrogens with zero attached hydrogens (tertiary/aromatic N) is 1. The number of aliphatic imine (C=N–C) groups is 1. The fraction of sp³-hybridized carbons (Fsp3) is 0.250. The van der Waals surface area contributed by atoms with Gasteiger partial charge in [0.15, 0.2) is 0 Å². The highest BCUT2D eigenvalue weighted by atomic mass is 35.5. The smallest absolute Gasteiger partial charge is 0.262 e. The molecule has 0 spiro atoms. The van der Waals surface area contributed by atoms with Crippen LogP contribution in [0.1, 0.15) is 31.2 Å². The molecule has 10 heteroatoms. The van der Waals surface area contributed by atoms with Crippen LogP contribution in [0, 0.1) is 0 Å². The summed E-state index contributed by atoms with van der Waals surface area (Å²) in [4.78, 5) is 4.23. The van der Waals surface area contributed by atoms with E-state index in [1.807, 2.05) is 0 Å². The number of hydrogen-bond acceptors (Lipinski definition) is 5. The maximum Gasteiger partial charge on any atom is 0.262 e. The van der Waals surface area contributed by atoms with Gasteiger partial charge in [0, 0.05) is 18.0 Å². The van der Waals surface area contributed by atoms with Crippen LogP contribution >= 0.6 is 11.6 Å². The lowest BCUT2D eigenvalue weighted by Crippen LogP contribution is -2.30. The maximum atomic E-state index is 12.7. The molecule has 1 aliphatic heterocycles. The highest BCUT2D eigenvalue weighted by molar-refractivity contribution is 7.95. The van der Waals surface area contributed by atoms with E-state index in [9.17, 15) is 16.8 Å². The molecule has 0 saturated carbocycles. The zero-order valence-corrected chi connectivity index (χ0v) is 18.5. The molecule has 1 aliphatic rings. The first-order valence-corrected chi connectivity index (χ1v) is 12.8. The molecular formula is C20H22ClN3O4S2. The molecule has 0 aliphatic carbocycles. The molecule has 0 aromatic heterocycles. The molecule has 0 radical (unpaired) electrons. The summed E-state index contributed by atoms with van der Waals surface area (Å²) >= 11 is 5.81. The van der Waals surface area contributed by atoms with Gasteiger partial charge >= 0.3 is 0 Å². The first-order valence-electron chi connectivity index (χ1n) is 9.36. The van der Waals surface area contributed by atoms with Gasteiger partial charge in [0.1, 0.15) is 5.84 Å². The number of hydrogen-bond donors (Lipinski definition) is 2. The Balaban J connectivity index is 1.74. The summed E-state index contributed by atoms with van der Waals surface area (Å²) in [5.74, 6) is 0.435. The SMILES string of the molecule is O=S(=O)(C=Cc1ccc(Cl)cc1)Nc1cccc(S(=O)(=O)NC2=NCCCCC2)c1. The molecule has 0 amide bonds. The van der Waals surface area contributed by atoms with Crippen molar-refractivity contribution in [2.75, 3.05) is 11.3 Å². The number of amidine groups is 1. The molecule has 0 unspecified atom stereocenters. The molecule has 0 saturated heterocycles. The van der Waals surface area contributed by atoms with Gasteiger partial charge in [-0.15, -0.1) is 0 Å². The van der Waals surface area contributed by atoms with Crippen LogP contribution in [0.25, 0.3) is 6.08 Å². The summed E-state index contributed by atoms with van der Waals surface area (Å²) < 4.78 is 54.9. The van der Waals surface area contributed by atoms with Gasteiger partial charge in [-0.05, 0) is 54.8 Å². The Labute approximate surface area is 182 Å². The molecule has 7 nitrogen and oxygen atoms in total. The van der Waals surface area contributed by atoms with E-state index >= 15 is 0 Å². The molecule has 0 bridgehead atoms. The van der Waals surface area contributed by atoms with E-state index < -0.39 is 20.0 Å². The molecule has 2 aromatic carbocycles. The van der Waals surface area contributed by atoms with E-state index in [0.717, 1.165) is 24.7 Å². The predicted molar refractivity (Wildman–Crippen MR) is 121 cm³/mol. The standard InChI is InChI=1S/C20H22ClN3O4S2/c21-17-10-8-16(9-11-17)12-14-29(25,26)23-18-5-4-6-19(15-18)30(27,28)24-20-7-2-1-3-13-22-20/h4-6,8-12,14-15,23H,1-3,7,13H2,(H,22,24). The van der Waals surface area contributed by atoms with Crippen LogP contribution in [0.5, 0.6) is 0 Å². The molecule has 160 valence electrons.